The molecule has 7 heteroatoms. The summed E-state index contributed by atoms with van der Waals surface area (Å²) in [6, 6.07) is 13.5. The van der Waals surface area contributed by atoms with Crippen molar-refractivity contribution in [3.05, 3.63) is 65.5 Å². The molecule has 1 heterocycles. The summed E-state index contributed by atoms with van der Waals surface area (Å²) in [5, 5.41) is 2.62. The van der Waals surface area contributed by atoms with Crippen LogP contribution in [0.3, 0.4) is 0 Å². The van der Waals surface area contributed by atoms with Gasteiger partial charge < -0.3 is 15.0 Å². The molecular weight excluding hydrogens is 399 g/mol. The standard InChI is InChI=1S/C24H27FN2O4/c1-3-16(2)20-6-4-5-7-21(20)27-14-18(12-23(27)29)24(30)31-15-22(28)26-13-17-8-10-19(25)11-9-17/h4-11,16,18H,3,12-15H2,1-2H3,(H,26,28). The summed E-state index contributed by atoms with van der Waals surface area (Å²) < 4.78 is 18.1. The highest BCUT2D eigenvalue weighted by Crippen LogP contribution is 2.33. The van der Waals surface area contributed by atoms with Crippen LogP contribution in [0.1, 0.15) is 43.7 Å². The molecule has 0 saturated carbocycles. The molecule has 1 saturated heterocycles. The Kier molecular flexibility index (Phi) is 7.39. The molecule has 0 aromatic heterocycles. The first-order valence-corrected chi connectivity index (χ1v) is 10.5. The van der Waals surface area contributed by atoms with Crippen molar-refractivity contribution in [1.82, 2.24) is 5.32 Å². The Labute approximate surface area is 181 Å². The van der Waals surface area contributed by atoms with Crippen molar-refractivity contribution in [2.24, 2.45) is 5.92 Å². The van der Waals surface area contributed by atoms with Gasteiger partial charge in [0.15, 0.2) is 6.61 Å². The Bertz CT molecular complexity index is 945. The molecule has 2 amide bonds. The number of anilines is 1. The van der Waals surface area contributed by atoms with E-state index in [1.54, 1.807) is 17.0 Å². The second-order valence-corrected chi connectivity index (χ2v) is 7.78. The van der Waals surface area contributed by atoms with Crippen LogP contribution >= 0.6 is 0 Å². The van der Waals surface area contributed by atoms with Gasteiger partial charge in [-0.25, -0.2) is 4.39 Å². The van der Waals surface area contributed by atoms with Crippen LogP contribution in [0.5, 0.6) is 0 Å². The molecule has 6 nitrogen and oxygen atoms in total. The summed E-state index contributed by atoms with van der Waals surface area (Å²) in [7, 11) is 0. The lowest BCUT2D eigenvalue weighted by Crippen LogP contribution is -2.31. The van der Waals surface area contributed by atoms with Gasteiger partial charge in [0, 0.05) is 25.2 Å². The quantitative estimate of drug-likeness (QED) is 0.655. The van der Waals surface area contributed by atoms with E-state index in [1.807, 2.05) is 24.3 Å². The highest BCUT2D eigenvalue weighted by atomic mass is 19.1. The first-order chi connectivity index (χ1) is 14.9. The molecule has 0 radical (unpaired) electrons. The molecule has 2 unspecified atom stereocenters. The highest BCUT2D eigenvalue weighted by molar-refractivity contribution is 6.00. The first-order valence-electron chi connectivity index (χ1n) is 10.5. The number of hydrogen-bond acceptors (Lipinski definition) is 4. The van der Waals surface area contributed by atoms with Crippen molar-refractivity contribution in [3.8, 4) is 0 Å². The van der Waals surface area contributed by atoms with Gasteiger partial charge in [0.2, 0.25) is 5.91 Å². The normalized spacial score (nSPS) is 16.8. The number of nitrogens with zero attached hydrogens (tertiary/aromatic N) is 1. The van der Waals surface area contributed by atoms with Gasteiger partial charge in [-0.3, -0.25) is 14.4 Å². The number of para-hydroxylation sites is 1. The van der Waals surface area contributed by atoms with Gasteiger partial charge in [0.1, 0.15) is 5.82 Å². The second-order valence-electron chi connectivity index (χ2n) is 7.78. The van der Waals surface area contributed by atoms with E-state index in [0.717, 1.165) is 23.2 Å². The zero-order valence-electron chi connectivity index (χ0n) is 17.8. The maximum absolute atomic E-state index is 12.9. The molecule has 1 N–H and O–H groups in total. The Balaban J connectivity index is 1.52. The molecule has 2 aromatic rings. The lowest BCUT2D eigenvalue weighted by Gasteiger charge is -2.23. The number of nitrogens with one attached hydrogen (secondary N) is 1. The van der Waals surface area contributed by atoms with E-state index in [2.05, 4.69) is 19.2 Å². The maximum atomic E-state index is 12.9. The molecule has 3 rings (SSSR count). The molecule has 1 aliphatic rings. The Morgan fingerprint density at radius 1 is 1.19 bits per heavy atom. The molecule has 0 bridgehead atoms. The van der Waals surface area contributed by atoms with Gasteiger partial charge in [-0.1, -0.05) is 44.2 Å². The average Bonchev–Trinajstić information content (AvgIpc) is 3.18. The van der Waals surface area contributed by atoms with Gasteiger partial charge in [-0.2, -0.15) is 0 Å². The minimum absolute atomic E-state index is 0.0604. The van der Waals surface area contributed by atoms with Crippen LogP contribution in [0, 0.1) is 11.7 Å². The number of carbonyl (C=O) groups excluding carboxylic acids is 3. The van der Waals surface area contributed by atoms with Gasteiger partial charge in [-0.15, -0.1) is 0 Å². The largest absolute Gasteiger partial charge is 0.455 e. The predicted octanol–water partition coefficient (Wildman–Crippen LogP) is 3.55. The molecule has 31 heavy (non-hydrogen) atoms. The van der Waals surface area contributed by atoms with E-state index >= 15 is 0 Å². The molecule has 0 spiro atoms. The lowest BCUT2D eigenvalue weighted by atomic mass is 9.96. The van der Waals surface area contributed by atoms with E-state index in [0.29, 0.717) is 5.92 Å². The van der Waals surface area contributed by atoms with Crippen LogP contribution in [-0.4, -0.2) is 30.9 Å². The van der Waals surface area contributed by atoms with Gasteiger partial charge in [-0.05, 0) is 41.7 Å². The number of amides is 2. The van der Waals surface area contributed by atoms with Crippen molar-refractivity contribution in [2.75, 3.05) is 18.1 Å². The zero-order valence-corrected chi connectivity index (χ0v) is 17.8. The van der Waals surface area contributed by atoms with Crippen molar-refractivity contribution in [1.29, 1.82) is 0 Å². The summed E-state index contributed by atoms with van der Waals surface area (Å²) in [5.41, 5.74) is 2.64. The molecule has 0 aliphatic carbocycles. The van der Waals surface area contributed by atoms with Crippen LogP contribution in [0.15, 0.2) is 48.5 Å². The van der Waals surface area contributed by atoms with Crippen LogP contribution in [0.2, 0.25) is 0 Å². The third-order valence-electron chi connectivity index (χ3n) is 5.58. The van der Waals surface area contributed by atoms with Crippen LogP contribution in [-0.2, 0) is 25.7 Å². The molecule has 164 valence electrons. The fourth-order valence-electron chi connectivity index (χ4n) is 3.58. The van der Waals surface area contributed by atoms with Crippen molar-refractivity contribution >= 4 is 23.5 Å². The molecule has 2 atom stereocenters. The van der Waals surface area contributed by atoms with Crippen LogP contribution < -0.4 is 10.2 Å². The third kappa shape index (κ3) is 5.69. The summed E-state index contributed by atoms with van der Waals surface area (Å²) in [6.45, 7) is 4.22. The smallest absolute Gasteiger partial charge is 0.311 e. The van der Waals surface area contributed by atoms with E-state index in [4.69, 9.17) is 4.74 Å². The summed E-state index contributed by atoms with van der Waals surface area (Å²) in [4.78, 5) is 38.6. The minimum atomic E-state index is -0.609. The average molecular weight is 426 g/mol. The number of benzene rings is 2. The Morgan fingerprint density at radius 2 is 1.90 bits per heavy atom. The third-order valence-corrected chi connectivity index (χ3v) is 5.58. The monoisotopic (exact) mass is 426 g/mol. The topological polar surface area (TPSA) is 75.7 Å². The Morgan fingerprint density at radius 3 is 2.61 bits per heavy atom. The predicted molar refractivity (Wildman–Crippen MR) is 115 cm³/mol. The van der Waals surface area contributed by atoms with Crippen molar-refractivity contribution in [3.63, 3.8) is 0 Å². The zero-order chi connectivity index (χ0) is 22.4. The first kappa shape index (κ1) is 22.5. The summed E-state index contributed by atoms with van der Waals surface area (Å²) in [6.07, 6.45) is 1.00. The molecule has 2 aromatic carbocycles. The highest BCUT2D eigenvalue weighted by Gasteiger charge is 2.37. The molecule has 1 fully saturated rings. The Hall–Kier alpha value is -3.22. The van der Waals surface area contributed by atoms with Gasteiger partial charge in [0.25, 0.3) is 5.91 Å². The van der Waals surface area contributed by atoms with Gasteiger partial charge >= 0.3 is 5.97 Å². The fourth-order valence-corrected chi connectivity index (χ4v) is 3.58. The molecular formula is C24H27FN2O4. The number of rotatable bonds is 8. The van der Waals surface area contributed by atoms with Crippen LogP contribution in [0.25, 0.3) is 0 Å². The van der Waals surface area contributed by atoms with Crippen molar-refractivity contribution < 1.29 is 23.5 Å². The number of hydrogen-bond donors (Lipinski definition) is 1. The minimum Gasteiger partial charge on any atom is -0.455 e. The van der Waals surface area contributed by atoms with E-state index in [1.165, 1.54) is 12.1 Å². The second kappa shape index (κ2) is 10.2. The number of carbonyl (C=O) groups is 3. The SMILES string of the molecule is CCC(C)c1ccccc1N1CC(C(=O)OCC(=O)NCc2ccc(F)cc2)CC1=O. The van der Waals surface area contributed by atoms with Crippen LogP contribution in [0.4, 0.5) is 10.1 Å². The number of ether oxygens (including phenoxy) is 1. The fraction of sp³-hybridized carbons (Fsp3) is 0.375. The van der Waals surface area contributed by atoms with Crippen molar-refractivity contribution in [2.45, 2.75) is 39.2 Å². The van der Waals surface area contributed by atoms with E-state index < -0.39 is 24.4 Å². The van der Waals surface area contributed by atoms with E-state index in [-0.39, 0.29) is 31.2 Å². The maximum Gasteiger partial charge on any atom is 0.311 e. The lowest BCUT2D eigenvalue weighted by molar-refractivity contribution is -0.152. The number of esters is 1. The number of halogens is 1. The molecule has 1 aliphatic heterocycles. The summed E-state index contributed by atoms with van der Waals surface area (Å²) in [5.74, 6) is -1.81. The van der Waals surface area contributed by atoms with Gasteiger partial charge in [0.05, 0.1) is 5.92 Å². The van der Waals surface area contributed by atoms with E-state index in [9.17, 15) is 18.8 Å². The summed E-state index contributed by atoms with van der Waals surface area (Å²) >= 11 is 0.